The van der Waals surface area contributed by atoms with Crippen LogP contribution in [0.15, 0.2) is 36.9 Å². The molecule has 1 aromatic carbocycles. The molecule has 3 fully saturated rings. The van der Waals surface area contributed by atoms with E-state index in [2.05, 4.69) is 41.7 Å². The number of ketones is 1. The minimum Gasteiger partial charge on any atom is -0.444 e. The van der Waals surface area contributed by atoms with E-state index >= 15 is 0 Å². The molecule has 3 aliphatic heterocycles. The summed E-state index contributed by atoms with van der Waals surface area (Å²) in [5, 5.41) is 11.2. The molecular formula is C45H67N7O8. The Morgan fingerprint density at radius 3 is 2.25 bits per heavy atom. The predicted molar refractivity (Wildman–Crippen MR) is 226 cm³/mol. The summed E-state index contributed by atoms with van der Waals surface area (Å²) < 4.78 is 6.01. The first-order valence-corrected chi connectivity index (χ1v) is 21.5. The molecule has 0 spiro atoms. The van der Waals surface area contributed by atoms with E-state index in [-0.39, 0.29) is 43.2 Å². The van der Waals surface area contributed by atoms with E-state index in [9.17, 15) is 33.6 Å². The molecule has 5 atom stereocenters. The van der Waals surface area contributed by atoms with Crippen LogP contribution in [0, 0.1) is 22.2 Å². The van der Waals surface area contributed by atoms with Crippen molar-refractivity contribution in [2.24, 2.45) is 22.2 Å². The topological polar surface area (TPSA) is 187 Å². The molecule has 4 aliphatic rings. The molecule has 60 heavy (non-hydrogen) atoms. The van der Waals surface area contributed by atoms with Crippen molar-refractivity contribution in [2.45, 2.75) is 137 Å². The molecular weight excluding hydrogens is 767 g/mol. The van der Waals surface area contributed by atoms with Gasteiger partial charge >= 0.3 is 12.1 Å². The Labute approximate surface area is 355 Å². The summed E-state index contributed by atoms with van der Waals surface area (Å²) in [5.41, 5.74) is 0.777. The summed E-state index contributed by atoms with van der Waals surface area (Å²) in [5.74, 6) is -2.68. The summed E-state index contributed by atoms with van der Waals surface area (Å²) in [7, 11) is 0. The van der Waals surface area contributed by atoms with Gasteiger partial charge in [-0.2, -0.15) is 0 Å². The van der Waals surface area contributed by atoms with Crippen LogP contribution in [0.3, 0.4) is 0 Å². The highest BCUT2D eigenvalue weighted by Gasteiger charge is 2.48. The van der Waals surface area contributed by atoms with E-state index in [0.717, 1.165) is 30.4 Å². The molecule has 1 aliphatic carbocycles. The fraction of sp³-hybridized carbons (Fsp3) is 0.667. The minimum atomic E-state index is -1.19. The summed E-state index contributed by atoms with van der Waals surface area (Å²) in [6.45, 7) is 20.7. The van der Waals surface area contributed by atoms with Gasteiger partial charge in [0.15, 0.2) is 0 Å². The van der Waals surface area contributed by atoms with Gasteiger partial charge in [0.1, 0.15) is 18.2 Å². The average molecular weight is 834 g/mol. The average Bonchev–Trinajstić information content (AvgIpc) is 3.89. The van der Waals surface area contributed by atoms with Crippen LogP contribution in [-0.4, -0.2) is 119 Å². The number of nitrogens with one attached hydrogen (secondary N) is 4. The van der Waals surface area contributed by atoms with Gasteiger partial charge in [0.25, 0.3) is 5.91 Å². The lowest BCUT2D eigenvalue weighted by Crippen LogP contribution is -2.62. The van der Waals surface area contributed by atoms with Crippen molar-refractivity contribution in [1.29, 1.82) is 0 Å². The lowest BCUT2D eigenvalue weighted by Gasteiger charge is -2.41. The SMILES string of the molecule is C=CCNC(=O)C(=O)C(CC1CC1)NC(=O)[C@@H]1C[C@@H](OC(=O)N2CCc3ccccc3C2)CN1C(=O)[C@@H](NC(=O)N[C@H](CN1CCC(C)(C)CC1=O)C(C)(C)C)C(C)(C)C. The first kappa shape index (κ1) is 46.1. The van der Waals surface area contributed by atoms with Crippen molar-refractivity contribution in [1.82, 2.24) is 36.0 Å². The van der Waals surface area contributed by atoms with E-state index in [1.165, 1.54) is 11.0 Å². The molecule has 330 valence electrons. The molecule has 0 radical (unpaired) electrons. The number of fused-ring (bicyclic) bond motifs is 1. The molecule has 15 heteroatoms. The van der Waals surface area contributed by atoms with E-state index in [0.29, 0.717) is 39.0 Å². The van der Waals surface area contributed by atoms with Gasteiger partial charge in [-0.1, -0.05) is 98.6 Å². The Morgan fingerprint density at radius 2 is 1.63 bits per heavy atom. The third-order valence-corrected chi connectivity index (χ3v) is 12.2. The van der Waals surface area contributed by atoms with Crippen molar-refractivity contribution < 1.29 is 38.3 Å². The number of likely N-dealkylation sites (tertiary alicyclic amines) is 2. The van der Waals surface area contributed by atoms with Crippen LogP contribution < -0.4 is 21.3 Å². The molecule has 5 rings (SSSR count). The van der Waals surface area contributed by atoms with Crippen molar-refractivity contribution >= 4 is 41.5 Å². The number of hydrogen-bond donors (Lipinski definition) is 4. The second-order valence-corrected chi connectivity index (χ2v) is 20.1. The third kappa shape index (κ3) is 12.1. The third-order valence-electron chi connectivity index (χ3n) is 12.2. The van der Waals surface area contributed by atoms with Gasteiger partial charge in [-0.3, -0.25) is 24.0 Å². The van der Waals surface area contributed by atoms with Crippen LogP contribution in [0.4, 0.5) is 9.59 Å². The Kier molecular flexibility index (Phi) is 14.4. The predicted octanol–water partition coefficient (Wildman–Crippen LogP) is 4.08. The number of Topliss-reactive ketones (excluding diaryl/α,β-unsaturated/α-hetero) is 1. The number of amides is 7. The van der Waals surface area contributed by atoms with Crippen LogP contribution >= 0.6 is 0 Å². The van der Waals surface area contributed by atoms with E-state index in [1.54, 1.807) is 30.6 Å². The smallest absolute Gasteiger partial charge is 0.410 e. The lowest BCUT2D eigenvalue weighted by atomic mass is 9.81. The zero-order chi connectivity index (χ0) is 44.2. The number of hydrogen-bond acceptors (Lipinski definition) is 8. The molecule has 0 aromatic heterocycles. The van der Waals surface area contributed by atoms with E-state index < -0.39 is 76.7 Å². The Morgan fingerprint density at radius 1 is 0.950 bits per heavy atom. The van der Waals surface area contributed by atoms with Gasteiger partial charge in [0, 0.05) is 45.6 Å². The number of urea groups is 1. The maximum atomic E-state index is 14.8. The second-order valence-electron chi connectivity index (χ2n) is 20.1. The highest BCUT2D eigenvalue weighted by Crippen LogP contribution is 2.35. The fourth-order valence-electron chi connectivity index (χ4n) is 8.11. The number of piperidine rings is 1. The van der Waals surface area contributed by atoms with Gasteiger partial charge in [-0.25, -0.2) is 9.59 Å². The van der Waals surface area contributed by atoms with Gasteiger partial charge in [0.05, 0.1) is 18.6 Å². The lowest BCUT2D eigenvalue weighted by molar-refractivity contribution is -0.144. The highest BCUT2D eigenvalue weighted by molar-refractivity contribution is 6.38. The maximum Gasteiger partial charge on any atom is 0.410 e. The number of carbonyl (C=O) groups excluding carboxylic acids is 7. The number of carbonyl (C=O) groups is 7. The molecule has 1 saturated carbocycles. The normalized spacial score (nSPS) is 21.8. The number of nitrogens with zero attached hydrogens (tertiary/aromatic N) is 3. The van der Waals surface area contributed by atoms with Crippen molar-refractivity contribution in [3.05, 3.63) is 48.0 Å². The second kappa shape index (κ2) is 18.8. The van der Waals surface area contributed by atoms with Crippen molar-refractivity contribution in [3.8, 4) is 0 Å². The number of rotatable bonds is 14. The molecule has 0 bridgehead atoms. The molecule has 15 nitrogen and oxygen atoms in total. The molecule has 1 aromatic rings. The zero-order valence-electron chi connectivity index (χ0n) is 36.9. The Hall–Kier alpha value is -4.95. The standard InChI is InChI=1S/C45H67N7O8/c1-10-19-46-39(56)36(54)32(22-28-15-16-28)47-38(55)33-23-31(60-42(59)51-20-17-29-13-11-12-14-30(29)25-51)26-52(33)40(57)37(44(5,6)7)49-41(58)48-34(43(2,3)4)27-50-21-18-45(8,9)24-35(50)53/h10-14,28,31-34,37H,1,15-27H2,2-9H3,(H,46,56)(H,47,55)(H2,48,49,58)/t31-,32?,33+,34-,37-/m1/s1. The van der Waals surface area contributed by atoms with Crippen LogP contribution in [0.5, 0.6) is 0 Å². The minimum absolute atomic E-state index is 0.0302. The fourth-order valence-corrected chi connectivity index (χ4v) is 8.11. The van der Waals surface area contributed by atoms with Gasteiger partial charge in [-0.15, -0.1) is 6.58 Å². The Bertz CT molecular complexity index is 1810. The summed E-state index contributed by atoms with van der Waals surface area (Å²) >= 11 is 0. The summed E-state index contributed by atoms with van der Waals surface area (Å²) in [4.78, 5) is 101. The zero-order valence-corrected chi connectivity index (χ0v) is 36.9. The molecule has 1 unspecified atom stereocenters. The van der Waals surface area contributed by atoms with Crippen molar-refractivity contribution in [3.63, 3.8) is 0 Å². The van der Waals surface area contributed by atoms with Crippen LogP contribution in [0.1, 0.15) is 105 Å². The van der Waals surface area contributed by atoms with Crippen LogP contribution in [0.2, 0.25) is 0 Å². The number of benzene rings is 1. The monoisotopic (exact) mass is 834 g/mol. The first-order valence-electron chi connectivity index (χ1n) is 21.5. The van der Waals surface area contributed by atoms with Gasteiger partial charge < -0.3 is 40.7 Å². The van der Waals surface area contributed by atoms with Gasteiger partial charge in [0.2, 0.25) is 23.5 Å². The quantitative estimate of drug-likeness (QED) is 0.160. The molecule has 7 amide bonds. The van der Waals surface area contributed by atoms with Gasteiger partial charge in [-0.05, 0) is 52.6 Å². The number of ether oxygens (including phenoxy) is 1. The molecule has 2 saturated heterocycles. The molecule has 3 heterocycles. The first-order chi connectivity index (χ1) is 28.1. The highest BCUT2D eigenvalue weighted by atomic mass is 16.6. The summed E-state index contributed by atoms with van der Waals surface area (Å²) in [6, 6.07) is 3.35. The Balaban J connectivity index is 1.36. The van der Waals surface area contributed by atoms with Crippen LogP contribution in [-0.2, 0) is 41.7 Å². The summed E-state index contributed by atoms with van der Waals surface area (Å²) in [6.07, 6.45) is 3.86. The van der Waals surface area contributed by atoms with E-state index in [1.807, 2.05) is 45.0 Å². The van der Waals surface area contributed by atoms with Crippen molar-refractivity contribution in [2.75, 3.05) is 32.7 Å². The van der Waals surface area contributed by atoms with E-state index in [4.69, 9.17) is 4.74 Å². The maximum absolute atomic E-state index is 14.8. The van der Waals surface area contributed by atoms with Crippen LogP contribution in [0.25, 0.3) is 0 Å². The molecule has 4 N–H and O–H groups in total. The largest absolute Gasteiger partial charge is 0.444 e.